The molecule has 4 heterocycles. The highest BCUT2D eigenvalue weighted by atomic mass is 17.3. The van der Waals surface area contributed by atoms with E-state index in [4.69, 9.17) is 19.2 Å². The Bertz CT molecular complexity index is 411. The smallest absolute Gasteiger partial charge is 0.201 e. The molecule has 0 aromatic carbocycles. The minimum absolute atomic E-state index is 0.0379. The Kier molecular flexibility index (Phi) is 2.81. The molecule has 0 aromatic rings. The third-order valence-corrected chi connectivity index (χ3v) is 6.12. The summed E-state index contributed by atoms with van der Waals surface area (Å²) in [7, 11) is 0. The van der Waals surface area contributed by atoms with Crippen molar-refractivity contribution >= 4 is 0 Å². The topological polar surface area (TPSA) is 57.2 Å². The van der Waals surface area contributed by atoms with Gasteiger partial charge in [-0.05, 0) is 38.0 Å². The molecular formula is C15H24O5. The van der Waals surface area contributed by atoms with E-state index in [1.165, 1.54) is 6.42 Å². The second kappa shape index (κ2) is 4.17. The zero-order valence-electron chi connectivity index (χ0n) is 12.4. The lowest BCUT2D eigenvalue weighted by molar-refractivity contribution is -0.576. The van der Waals surface area contributed by atoms with Crippen LogP contribution in [0.2, 0.25) is 0 Å². The molecule has 5 heteroatoms. The number of hydrogen-bond acceptors (Lipinski definition) is 5. The molecule has 1 spiro atoms. The molecule has 1 aliphatic carbocycles. The van der Waals surface area contributed by atoms with E-state index < -0.39 is 24.0 Å². The summed E-state index contributed by atoms with van der Waals surface area (Å²) >= 11 is 0. The first-order chi connectivity index (χ1) is 9.46. The van der Waals surface area contributed by atoms with Crippen molar-refractivity contribution in [3.8, 4) is 0 Å². The van der Waals surface area contributed by atoms with Gasteiger partial charge in [0.2, 0.25) is 5.79 Å². The number of hydrogen-bond donors (Lipinski definition) is 1. The monoisotopic (exact) mass is 284 g/mol. The van der Waals surface area contributed by atoms with Gasteiger partial charge in [-0.15, -0.1) is 0 Å². The van der Waals surface area contributed by atoms with Crippen LogP contribution in [0.1, 0.15) is 46.5 Å². The molecule has 5 aliphatic rings. The molecule has 4 unspecified atom stereocenters. The van der Waals surface area contributed by atoms with Gasteiger partial charge in [-0.3, -0.25) is 0 Å². The fourth-order valence-electron chi connectivity index (χ4n) is 4.89. The first kappa shape index (κ1) is 13.5. The van der Waals surface area contributed by atoms with E-state index in [1.54, 1.807) is 0 Å². The van der Waals surface area contributed by atoms with Crippen LogP contribution in [0.25, 0.3) is 0 Å². The third kappa shape index (κ3) is 1.56. The molecule has 5 fully saturated rings. The summed E-state index contributed by atoms with van der Waals surface area (Å²) in [6, 6.07) is 0. The van der Waals surface area contributed by atoms with Crippen molar-refractivity contribution in [2.24, 2.45) is 23.7 Å². The van der Waals surface area contributed by atoms with Crippen LogP contribution >= 0.6 is 0 Å². The van der Waals surface area contributed by atoms with Gasteiger partial charge in [0.15, 0.2) is 18.2 Å². The van der Waals surface area contributed by atoms with Crippen LogP contribution in [0.4, 0.5) is 0 Å². The maximum atomic E-state index is 10.2. The molecule has 5 rings (SSSR count). The first-order valence-corrected chi connectivity index (χ1v) is 7.84. The highest BCUT2D eigenvalue weighted by molar-refractivity contribution is 5.08. The van der Waals surface area contributed by atoms with E-state index >= 15 is 0 Å². The summed E-state index contributed by atoms with van der Waals surface area (Å²) in [4.78, 5) is 11.6. The third-order valence-electron chi connectivity index (χ3n) is 6.12. The Morgan fingerprint density at radius 1 is 1.05 bits per heavy atom. The van der Waals surface area contributed by atoms with Crippen molar-refractivity contribution in [1.82, 2.24) is 0 Å². The summed E-state index contributed by atoms with van der Waals surface area (Å²) in [6.45, 7) is 6.22. The summed E-state index contributed by atoms with van der Waals surface area (Å²) in [5.41, 5.74) is -0.549. The summed E-state index contributed by atoms with van der Waals surface area (Å²) in [6.07, 6.45) is 2.72. The molecule has 0 radical (unpaired) electrons. The van der Waals surface area contributed by atoms with Crippen LogP contribution in [0.3, 0.4) is 0 Å². The lowest BCUT2D eigenvalue weighted by atomic mass is 9.58. The Morgan fingerprint density at radius 3 is 2.65 bits per heavy atom. The van der Waals surface area contributed by atoms with E-state index in [-0.39, 0.29) is 11.8 Å². The average molecular weight is 284 g/mol. The minimum atomic E-state index is -0.781. The second-order valence-corrected chi connectivity index (χ2v) is 7.30. The molecule has 2 bridgehead atoms. The van der Waals surface area contributed by atoms with Crippen LogP contribution in [-0.2, 0) is 19.2 Å². The second-order valence-electron chi connectivity index (χ2n) is 7.30. The Hall–Kier alpha value is -0.200. The molecule has 4 saturated heterocycles. The van der Waals surface area contributed by atoms with Gasteiger partial charge in [0.25, 0.3) is 0 Å². The molecule has 0 amide bonds. The van der Waals surface area contributed by atoms with Crippen molar-refractivity contribution in [2.75, 3.05) is 0 Å². The predicted octanol–water partition coefficient (Wildman–Crippen LogP) is 2.19. The first-order valence-electron chi connectivity index (χ1n) is 7.84. The van der Waals surface area contributed by atoms with Crippen molar-refractivity contribution in [1.29, 1.82) is 0 Å². The normalized spacial score (nSPS) is 61.8. The highest BCUT2D eigenvalue weighted by Gasteiger charge is 2.69. The molecule has 20 heavy (non-hydrogen) atoms. The maximum absolute atomic E-state index is 10.2. The van der Waals surface area contributed by atoms with E-state index in [0.29, 0.717) is 11.8 Å². The fraction of sp³-hybridized carbons (Fsp3) is 1.00. The van der Waals surface area contributed by atoms with E-state index in [1.807, 2.05) is 13.8 Å². The van der Waals surface area contributed by atoms with Gasteiger partial charge in [0, 0.05) is 18.3 Å². The number of aliphatic hydroxyl groups excluding tert-OH is 1. The van der Waals surface area contributed by atoms with Crippen molar-refractivity contribution in [3.05, 3.63) is 0 Å². The van der Waals surface area contributed by atoms with Gasteiger partial charge >= 0.3 is 0 Å². The average Bonchev–Trinajstić information content (AvgIpc) is 2.63. The number of aliphatic hydroxyl groups is 1. The SMILES string of the molecule is C[C@H]1[C@@H](O)OC2OC3(C)CCC4[C@H](C)CC[C@@H]1C24OO3. The molecule has 1 saturated carbocycles. The number of rotatable bonds is 0. The van der Waals surface area contributed by atoms with Gasteiger partial charge in [0.05, 0.1) is 0 Å². The molecule has 0 aromatic heterocycles. The number of ether oxygens (including phenoxy) is 2. The fourth-order valence-corrected chi connectivity index (χ4v) is 4.89. The Labute approximate surface area is 119 Å². The lowest BCUT2D eigenvalue weighted by Crippen LogP contribution is -2.70. The van der Waals surface area contributed by atoms with Crippen LogP contribution in [0.15, 0.2) is 0 Å². The highest BCUT2D eigenvalue weighted by Crippen LogP contribution is 2.60. The van der Waals surface area contributed by atoms with Crippen molar-refractivity contribution in [2.45, 2.75) is 70.4 Å². The summed E-state index contributed by atoms with van der Waals surface area (Å²) in [5.74, 6) is 0.437. The van der Waals surface area contributed by atoms with Gasteiger partial charge < -0.3 is 14.6 Å². The quantitative estimate of drug-likeness (QED) is 0.691. The predicted molar refractivity (Wildman–Crippen MR) is 69.0 cm³/mol. The zero-order chi connectivity index (χ0) is 14.1. The van der Waals surface area contributed by atoms with Crippen molar-refractivity contribution in [3.63, 3.8) is 0 Å². The summed E-state index contributed by atoms with van der Waals surface area (Å²) in [5, 5.41) is 10.2. The zero-order valence-corrected chi connectivity index (χ0v) is 12.4. The van der Waals surface area contributed by atoms with Gasteiger partial charge in [-0.25, -0.2) is 9.78 Å². The lowest BCUT2D eigenvalue weighted by Gasteiger charge is -2.59. The largest absolute Gasteiger partial charge is 0.368 e. The van der Waals surface area contributed by atoms with E-state index in [2.05, 4.69) is 6.92 Å². The molecule has 4 aliphatic heterocycles. The number of fused-ring (bicyclic) bond motifs is 2. The van der Waals surface area contributed by atoms with Gasteiger partial charge in [-0.1, -0.05) is 13.8 Å². The molecular weight excluding hydrogens is 260 g/mol. The Morgan fingerprint density at radius 2 is 1.85 bits per heavy atom. The van der Waals surface area contributed by atoms with Crippen LogP contribution < -0.4 is 0 Å². The van der Waals surface area contributed by atoms with Gasteiger partial charge in [-0.2, -0.15) is 0 Å². The van der Waals surface area contributed by atoms with E-state index in [9.17, 15) is 5.11 Å². The Balaban J connectivity index is 1.82. The van der Waals surface area contributed by atoms with Crippen LogP contribution in [-0.4, -0.2) is 29.1 Å². The summed E-state index contributed by atoms with van der Waals surface area (Å²) < 4.78 is 11.9. The standard InChI is InChI=1S/C15H24O5/c1-8-4-5-11-9(2)12(16)17-13-15(11)10(8)6-7-14(3,18-13)19-20-15/h8-13,16H,4-7H2,1-3H3/t8-,9-,10?,11+,12+,13?,14?,15?/m1/s1. The molecule has 8 atom stereocenters. The van der Waals surface area contributed by atoms with Gasteiger partial charge in [0.1, 0.15) is 0 Å². The molecule has 114 valence electrons. The minimum Gasteiger partial charge on any atom is -0.368 e. The van der Waals surface area contributed by atoms with Crippen LogP contribution in [0.5, 0.6) is 0 Å². The van der Waals surface area contributed by atoms with E-state index in [0.717, 1.165) is 19.3 Å². The van der Waals surface area contributed by atoms with Crippen LogP contribution in [0, 0.1) is 23.7 Å². The van der Waals surface area contributed by atoms with Crippen molar-refractivity contribution < 1.29 is 24.4 Å². The molecule has 1 N–H and O–H groups in total. The maximum Gasteiger partial charge on any atom is 0.201 e. The molecule has 5 nitrogen and oxygen atoms in total.